The summed E-state index contributed by atoms with van der Waals surface area (Å²) < 4.78 is 16.3. The van der Waals surface area contributed by atoms with E-state index in [4.69, 9.17) is 14.0 Å². The molecule has 6 heteroatoms. The zero-order valence-corrected chi connectivity index (χ0v) is 11.7. The highest BCUT2D eigenvalue weighted by molar-refractivity contribution is 5.91. The molecule has 0 aromatic carbocycles. The summed E-state index contributed by atoms with van der Waals surface area (Å²) in [6.45, 7) is 2.46. The first-order chi connectivity index (χ1) is 9.75. The van der Waals surface area contributed by atoms with Crippen molar-refractivity contribution in [3.63, 3.8) is 0 Å². The molecule has 0 unspecified atom stereocenters. The number of hydrogen-bond acceptors (Lipinski definition) is 5. The molecule has 1 aromatic rings. The molecule has 1 saturated heterocycles. The van der Waals surface area contributed by atoms with Gasteiger partial charge in [0.15, 0.2) is 0 Å². The molecule has 3 rings (SSSR count). The molecule has 0 radical (unpaired) electrons. The van der Waals surface area contributed by atoms with Crippen molar-refractivity contribution in [2.24, 2.45) is 5.92 Å². The van der Waals surface area contributed by atoms with E-state index in [-0.39, 0.29) is 11.5 Å². The van der Waals surface area contributed by atoms with Crippen molar-refractivity contribution in [3.05, 3.63) is 18.0 Å². The molecule has 0 N–H and O–H groups in total. The Morgan fingerprint density at radius 1 is 1.65 bits per heavy atom. The van der Waals surface area contributed by atoms with E-state index in [1.807, 2.05) is 4.90 Å². The molecule has 1 spiro atoms. The number of nitrogens with zero attached hydrogens (tertiary/aromatic N) is 2. The molecule has 1 amide bonds. The van der Waals surface area contributed by atoms with Crippen LogP contribution in [0, 0.1) is 5.92 Å². The molecule has 2 atom stereocenters. The van der Waals surface area contributed by atoms with Crippen molar-refractivity contribution in [2.45, 2.75) is 24.9 Å². The van der Waals surface area contributed by atoms with Gasteiger partial charge in [-0.25, -0.2) is 0 Å². The number of rotatable bonds is 3. The highest BCUT2D eigenvalue weighted by Crippen LogP contribution is 2.41. The van der Waals surface area contributed by atoms with Gasteiger partial charge in [-0.2, -0.15) is 0 Å². The smallest absolute Gasteiger partial charge is 0.292 e. The largest absolute Gasteiger partial charge is 0.384 e. The number of ether oxygens (including phenoxy) is 2. The van der Waals surface area contributed by atoms with E-state index in [1.165, 1.54) is 6.20 Å². The number of carbonyl (C=O) groups excluding carboxylic acids is 1. The van der Waals surface area contributed by atoms with E-state index in [1.54, 1.807) is 13.2 Å². The maximum absolute atomic E-state index is 12.4. The Balaban J connectivity index is 1.74. The fourth-order valence-corrected chi connectivity index (χ4v) is 3.41. The van der Waals surface area contributed by atoms with Gasteiger partial charge in [0, 0.05) is 25.6 Å². The molecule has 0 bridgehead atoms. The second-order valence-electron chi connectivity index (χ2n) is 5.56. The summed E-state index contributed by atoms with van der Waals surface area (Å²) in [5.74, 6) is 0.550. The number of methoxy groups -OCH3 is 1. The van der Waals surface area contributed by atoms with Gasteiger partial charge in [-0.15, -0.1) is 0 Å². The minimum absolute atomic E-state index is 0.103. The number of amides is 1. The third-order valence-corrected chi connectivity index (χ3v) is 4.41. The van der Waals surface area contributed by atoms with Gasteiger partial charge in [-0.1, -0.05) is 11.6 Å². The van der Waals surface area contributed by atoms with Crippen molar-refractivity contribution in [3.8, 4) is 0 Å². The maximum Gasteiger partial charge on any atom is 0.292 e. The third kappa shape index (κ3) is 2.33. The fraction of sp³-hybridized carbons (Fsp3) is 0.714. The van der Waals surface area contributed by atoms with Gasteiger partial charge in [0.2, 0.25) is 5.76 Å². The third-order valence-electron chi connectivity index (χ3n) is 4.41. The Labute approximate surface area is 118 Å². The van der Waals surface area contributed by atoms with E-state index >= 15 is 0 Å². The second kappa shape index (κ2) is 5.54. The standard InChI is InChI=1S/C14H20N2O4/c1-18-9-11-3-2-5-14(11)10-16(7-8-19-14)13(17)12-4-6-15-20-12/h4,6,11H,2-3,5,7-10H2,1H3/t11-,14+/m0/s1. The lowest BCUT2D eigenvalue weighted by atomic mass is 9.89. The molecular weight excluding hydrogens is 260 g/mol. The van der Waals surface area contributed by atoms with Crippen molar-refractivity contribution in [1.82, 2.24) is 10.1 Å². The van der Waals surface area contributed by atoms with Crippen molar-refractivity contribution >= 4 is 5.91 Å². The lowest BCUT2D eigenvalue weighted by Gasteiger charge is -2.43. The van der Waals surface area contributed by atoms with Gasteiger partial charge in [0.1, 0.15) is 0 Å². The summed E-state index contributed by atoms with van der Waals surface area (Å²) in [6, 6.07) is 1.60. The zero-order chi connectivity index (χ0) is 14.0. The van der Waals surface area contributed by atoms with E-state index < -0.39 is 0 Å². The molecule has 1 aliphatic carbocycles. The van der Waals surface area contributed by atoms with Crippen LogP contribution in [-0.4, -0.2) is 55.0 Å². The SMILES string of the molecule is COC[C@@H]1CCC[C@@]12CN(C(=O)c1ccno1)CCO2. The Morgan fingerprint density at radius 2 is 2.55 bits per heavy atom. The summed E-state index contributed by atoms with van der Waals surface area (Å²) in [7, 11) is 1.71. The molecule has 2 fully saturated rings. The number of hydrogen-bond donors (Lipinski definition) is 0. The van der Waals surface area contributed by atoms with Crippen LogP contribution in [0.4, 0.5) is 0 Å². The number of carbonyl (C=O) groups is 1. The van der Waals surface area contributed by atoms with Crippen LogP contribution in [0.15, 0.2) is 16.8 Å². The minimum Gasteiger partial charge on any atom is -0.384 e. The van der Waals surface area contributed by atoms with Crippen LogP contribution in [0.2, 0.25) is 0 Å². The Kier molecular flexibility index (Phi) is 3.76. The Hall–Kier alpha value is -1.40. The van der Waals surface area contributed by atoms with E-state index in [2.05, 4.69) is 5.16 Å². The first-order valence-corrected chi connectivity index (χ1v) is 7.08. The topological polar surface area (TPSA) is 64.8 Å². The lowest BCUT2D eigenvalue weighted by molar-refractivity contribution is -0.131. The van der Waals surface area contributed by atoms with Crippen LogP contribution in [-0.2, 0) is 9.47 Å². The monoisotopic (exact) mass is 280 g/mol. The highest BCUT2D eigenvalue weighted by Gasteiger charge is 2.48. The van der Waals surface area contributed by atoms with Gasteiger partial charge >= 0.3 is 0 Å². The predicted octanol–water partition coefficient (Wildman–Crippen LogP) is 1.33. The molecule has 2 aliphatic rings. The summed E-state index contributed by atoms with van der Waals surface area (Å²) in [4.78, 5) is 14.2. The van der Waals surface area contributed by atoms with Crippen molar-refractivity contribution in [2.75, 3.05) is 33.4 Å². The molecule has 20 heavy (non-hydrogen) atoms. The Bertz CT molecular complexity index is 462. The summed E-state index contributed by atoms with van der Waals surface area (Å²) in [5.41, 5.74) is -0.246. The fourth-order valence-electron chi connectivity index (χ4n) is 3.41. The molecule has 2 heterocycles. The quantitative estimate of drug-likeness (QED) is 0.835. The number of morpholine rings is 1. The highest BCUT2D eigenvalue weighted by atomic mass is 16.5. The minimum atomic E-state index is -0.246. The van der Waals surface area contributed by atoms with Crippen LogP contribution in [0.1, 0.15) is 29.8 Å². The van der Waals surface area contributed by atoms with Gasteiger partial charge in [-0.05, 0) is 12.8 Å². The van der Waals surface area contributed by atoms with Crippen LogP contribution >= 0.6 is 0 Å². The number of aromatic nitrogens is 1. The first-order valence-electron chi connectivity index (χ1n) is 7.08. The van der Waals surface area contributed by atoms with Crippen molar-refractivity contribution in [1.29, 1.82) is 0 Å². The predicted molar refractivity (Wildman–Crippen MR) is 70.3 cm³/mol. The van der Waals surface area contributed by atoms with Gasteiger partial charge in [-0.3, -0.25) is 4.79 Å². The molecular formula is C14H20N2O4. The molecule has 1 saturated carbocycles. The molecule has 6 nitrogen and oxygen atoms in total. The van der Waals surface area contributed by atoms with Gasteiger partial charge < -0.3 is 18.9 Å². The van der Waals surface area contributed by atoms with Gasteiger partial charge in [0.05, 0.1) is 31.6 Å². The summed E-state index contributed by atoms with van der Waals surface area (Å²) >= 11 is 0. The van der Waals surface area contributed by atoms with Crippen LogP contribution in [0.25, 0.3) is 0 Å². The average Bonchev–Trinajstić information content (AvgIpc) is 3.10. The van der Waals surface area contributed by atoms with E-state index in [9.17, 15) is 4.79 Å². The maximum atomic E-state index is 12.4. The van der Waals surface area contributed by atoms with Crippen LogP contribution in [0.3, 0.4) is 0 Å². The van der Waals surface area contributed by atoms with Crippen LogP contribution in [0.5, 0.6) is 0 Å². The summed E-state index contributed by atoms with van der Waals surface area (Å²) in [6.07, 6.45) is 4.70. The van der Waals surface area contributed by atoms with Gasteiger partial charge in [0.25, 0.3) is 5.91 Å². The first kappa shape index (κ1) is 13.6. The molecule has 1 aromatic heterocycles. The Morgan fingerprint density at radius 3 is 3.30 bits per heavy atom. The zero-order valence-electron chi connectivity index (χ0n) is 11.7. The second-order valence-corrected chi connectivity index (χ2v) is 5.56. The van der Waals surface area contributed by atoms with E-state index in [0.717, 1.165) is 19.3 Å². The van der Waals surface area contributed by atoms with Crippen molar-refractivity contribution < 1.29 is 18.8 Å². The van der Waals surface area contributed by atoms with Crippen LogP contribution < -0.4 is 0 Å². The lowest BCUT2D eigenvalue weighted by Crippen LogP contribution is -2.56. The average molecular weight is 280 g/mol. The normalized spacial score (nSPS) is 30.1. The molecule has 1 aliphatic heterocycles. The van der Waals surface area contributed by atoms with E-state index in [0.29, 0.717) is 38.0 Å². The molecule has 110 valence electrons. The summed E-state index contributed by atoms with van der Waals surface area (Å²) in [5, 5.41) is 3.60.